The van der Waals surface area contributed by atoms with Crippen molar-refractivity contribution in [2.75, 3.05) is 33.8 Å². The summed E-state index contributed by atoms with van der Waals surface area (Å²) in [4.78, 5) is 17.3. The molecular formula is C20H23ClN2O2S. The SMILES string of the molecule is C=CC(=O)N1Cc2sc(Cl)cc2[C@H](c2ccccc2OCCN(C)C)C1. The van der Waals surface area contributed by atoms with E-state index in [0.29, 0.717) is 19.7 Å². The van der Waals surface area contributed by atoms with E-state index in [2.05, 4.69) is 17.5 Å². The number of hydrogen-bond donors (Lipinski definition) is 0. The van der Waals surface area contributed by atoms with Crippen molar-refractivity contribution in [3.8, 4) is 5.75 Å². The monoisotopic (exact) mass is 390 g/mol. The second-order valence-electron chi connectivity index (χ2n) is 6.59. The minimum atomic E-state index is -0.0591. The molecule has 26 heavy (non-hydrogen) atoms. The van der Waals surface area contributed by atoms with Crippen LogP contribution in [-0.2, 0) is 11.3 Å². The first kappa shape index (κ1) is 19.0. The summed E-state index contributed by atoms with van der Waals surface area (Å²) in [5.74, 6) is 0.846. The van der Waals surface area contributed by atoms with Gasteiger partial charge in [0.15, 0.2) is 0 Å². The number of para-hydroxylation sites is 1. The van der Waals surface area contributed by atoms with Crippen LogP contribution in [-0.4, -0.2) is 49.5 Å². The number of amides is 1. The smallest absolute Gasteiger partial charge is 0.246 e. The van der Waals surface area contributed by atoms with Crippen LogP contribution in [0.4, 0.5) is 0 Å². The maximum Gasteiger partial charge on any atom is 0.246 e. The molecule has 2 aromatic rings. The highest BCUT2D eigenvalue weighted by Crippen LogP contribution is 2.42. The number of likely N-dealkylation sites (N-methyl/N-ethyl adjacent to an activating group) is 1. The average Bonchev–Trinajstić information content (AvgIpc) is 3.00. The molecule has 0 N–H and O–H groups in total. The first-order valence-electron chi connectivity index (χ1n) is 8.55. The van der Waals surface area contributed by atoms with Gasteiger partial charge in [-0.3, -0.25) is 4.79 Å². The van der Waals surface area contributed by atoms with Gasteiger partial charge < -0.3 is 14.5 Å². The van der Waals surface area contributed by atoms with E-state index in [0.717, 1.165) is 27.1 Å². The minimum Gasteiger partial charge on any atom is -0.492 e. The average molecular weight is 391 g/mol. The highest BCUT2D eigenvalue weighted by molar-refractivity contribution is 7.16. The molecule has 0 aliphatic carbocycles. The Morgan fingerprint density at radius 1 is 1.42 bits per heavy atom. The van der Waals surface area contributed by atoms with Crippen molar-refractivity contribution in [2.24, 2.45) is 0 Å². The third-order valence-corrected chi connectivity index (χ3v) is 5.77. The summed E-state index contributed by atoms with van der Waals surface area (Å²) in [6.07, 6.45) is 1.37. The summed E-state index contributed by atoms with van der Waals surface area (Å²) in [5, 5.41) is 0. The number of thiophene rings is 1. The van der Waals surface area contributed by atoms with Gasteiger partial charge in [-0.1, -0.05) is 36.4 Å². The maximum atomic E-state index is 12.2. The first-order valence-corrected chi connectivity index (χ1v) is 9.75. The molecule has 0 spiro atoms. The summed E-state index contributed by atoms with van der Waals surface area (Å²) in [7, 11) is 4.05. The molecular weight excluding hydrogens is 368 g/mol. The van der Waals surface area contributed by atoms with E-state index in [-0.39, 0.29) is 11.8 Å². The number of fused-ring (bicyclic) bond motifs is 1. The Morgan fingerprint density at radius 2 is 2.19 bits per heavy atom. The predicted molar refractivity (Wildman–Crippen MR) is 107 cm³/mol. The zero-order valence-electron chi connectivity index (χ0n) is 15.1. The van der Waals surface area contributed by atoms with E-state index < -0.39 is 0 Å². The lowest BCUT2D eigenvalue weighted by Gasteiger charge is -2.33. The Labute approximate surface area is 163 Å². The molecule has 1 aromatic heterocycles. The fourth-order valence-corrected chi connectivity index (χ4v) is 4.54. The summed E-state index contributed by atoms with van der Waals surface area (Å²) < 4.78 is 6.80. The van der Waals surface area contributed by atoms with Gasteiger partial charge in [0.05, 0.1) is 10.9 Å². The van der Waals surface area contributed by atoms with Gasteiger partial charge in [-0.2, -0.15) is 0 Å². The standard InChI is InChI=1S/C20H23ClN2O2S/c1-4-20(24)23-12-16(15-11-19(21)26-18(15)13-23)14-7-5-6-8-17(14)25-10-9-22(2)3/h4-8,11,16H,1,9-10,12-13H2,2-3H3/t16-/m0/s1. The van der Waals surface area contributed by atoms with E-state index in [1.54, 1.807) is 0 Å². The number of benzene rings is 1. The van der Waals surface area contributed by atoms with Crippen LogP contribution in [0.2, 0.25) is 4.34 Å². The highest BCUT2D eigenvalue weighted by atomic mass is 35.5. The van der Waals surface area contributed by atoms with E-state index in [4.69, 9.17) is 16.3 Å². The van der Waals surface area contributed by atoms with Crippen LogP contribution in [0, 0.1) is 0 Å². The van der Waals surface area contributed by atoms with Gasteiger partial charge in [-0.15, -0.1) is 11.3 Å². The quantitative estimate of drug-likeness (QED) is 0.699. The van der Waals surface area contributed by atoms with Crippen LogP contribution in [0.5, 0.6) is 5.75 Å². The molecule has 0 fully saturated rings. The van der Waals surface area contributed by atoms with Gasteiger partial charge in [-0.25, -0.2) is 0 Å². The van der Waals surface area contributed by atoms with Crippen LogP contribution in [0.1, 0.15) is 21.9 Å². The number of carbonyl (C=O) groups excluding carboxylic acids is 1. The van der Waals surface area contributed by atoms with Gasteiger partial charge in [0.25, 0.3) is 0 Å². The van der Waals surface area contributed by atoms with Gasteiger partial charge in [0.1, 0.15) is 12.4 Å². The van der Waals surface area contributed by atoms with Crippen molar-refractivity contribution < 1.29 is 9.53 Å². The van der Waals surface area contributed by atoms with Crippen molar-refractivity contribution in [2.45, 2.75) is 12.5 Å². The molecule has 3 rings (SSSR count). The van der Waals surface area contributed by atoms with E-state index in [9.17, 15) is 4.79 Å². The molecule has 0 bridgehead atoms. The van der Waals surface area contributed by atoms with Crippen LogP contribution in [0.25, 0.3) is 0 Å². The Hall–Kier alpha value is -1.82. The molecule has 0 unspecified atom stereocenters. The third-order valence-electron chi connectivity index (χ3n) is 4.50. The summed E-state index contributed by atoms with van der Waals surface area (Å²) in [6, 6.07) is 10.1. The molecule has 1 aliphatic heterocycles. The largest absolute Gasteiger partial charge is 0.492 e. The fourth-order valence-electron chi connectivity index (χ4n) is 3.18. The van der Waals surface area contributed by atoms with Gasteiger partial charge in [0.2, 0.25) is 5.91 Å². The molecule has 4 nitrogen and oxygen atoms in total. The van der Waals surface area contributed by atoms with Crippen molar-refractivity contribution in [1.29, 1.82) is 0 Å². The second-order valence-corrected chi connectivity index (χ2v) is 8.36. The lowest BCUT2D eigenvalue weighted by molar-refractivity contribution is -0.127. The molecule has 0 radical (unpaired) electrons. The van der Waals surface area contributed by atoms with E-state index in [1.165, 1.54) is 23.0 Å². The third kappa shape index (κ3) is 4.11. The summed E-state index contributed by atoms with van der Waals surface area (Å²) in [6.45, 7) is 6.26. The number of carbonyl (C=O) groups is 1. The normalized spacial score (nSPS) is 16.5. The van der Waals surface area contributed by atoms with Crippen molar-refractivity contribution in [3.63, 3.8) is 0 Å². The Kier molecular flexibility index (Phi) is 6.01. The zero-order valence-corrected chi connectivity index (χ0v) is 16.6. The molecule has 0 saturated heterocycles. The summed E-state index contributed by atoms with van der Waals surface area (Å²) >= 11 is 7.82. The lowest BCUT2D eigenvalue weighted by atomic mass is 9.88. The van der Waals surface area contributed by atoms with Crippen LogP contribution in [0.3, 0.4) is 0 Å². The summed E-state index contributed by atoms with van der Waals surface area (Å²) in [5.41, 5.74) is 2.28. The molecule has 1 atom stereocenters. The van der Waals surface area contributed by atoms with Crippen LogP contribution < -0.4 is 4.74 Å². The molecule has 138 valence electrons. The zero-order chi connectivity index (χ0) is 18.7. The van der Waals surface area contributed by atoms with Gasteiger partial charge in [-0.05, 0) is 37.9 Å². The number of nitrogens with zero attached hydrogens (tertiary/aromatic N) is 2. The highest BCUT2D eigenvalue weighted by Gasteiger charge is 2.31. The number of halogens is 1. The Bertz CT molecular complexity index is 803. The van der Waals surface area contributed by atoms with E-state index >= 15 is 0 Å². The van der Waals surface area contributed by atoms with Crippen molar-refractivity contribution in [3.05, 3.63) is 63.3 Å². The van der Waals surface area contributed by atoms with Crippen LogP contribution >= 0.6 is 22.9 Å². The number of rotatable bonds is 6. The fraction of sp³-hybridized carbons (Fsp3) is 0.350. The Balaban J connectivity index is 1.94. The van der Waals surface area contributed by atoms with E-state index in [1.807, 2.05) is 43.3 Å². The second kappa shape index (κ2) is 8.25. The molecule has 1 aromatic carbocycles. The predicted octanol–water partition coefficient (Wildman–Crippen LogP) is 4.00. The Morgan fingerprint density at radius 3 is 2.92 bits per heavy atom. The topological polar surface area (TPSA) is 32.8 Å². The first-order chi connectivity index (χ1) is 12.5. The van der Waals surface area contributed by atoms with Gasteiger partial charge in [0, 0.05) is 29.4 Å². The molecule has 1 amide bonds. The maximum absolute atomic E-state index is 12.2. The van der Waals surface area contributed by atoms with Crippen molar-refractivity contribution >= 4 is 28.8 Å². The van der Waals surface area contributed by atoms with Crippen molar-refractivity contribution in [1.82, 2.24) is 9.80 Å². The van der Waals surface area contributed by atoms with Crippen LogP contribution in [0.15, 0.2) is 43.0 Å². The molecule has 6 heteroatoms. The molecule has 1 aliphatic rings. The van der Waals surface area contributed by atoms with Gasteiger partial charge >= 0.3 is 0 Å². The minimum absolute atomic E-state index is 0.0435. The lowest BCUT2D eigenvalue weighted by Crippen LogP contribution is -2.37. The number of hydrogen-bond acceptors (Lipinski definition) is 4. The number of ether oxygens (including phenoxy) is 1. The molecule has 2 heterocycles. The molecule has 0 saturated carbocycles.